The van der Waals surface area contributed by atoms with Gasteiger partial charge in [0.25, 0.3) is 11.6 Å². The molecule has 0 unspecified atom stereocenters. The number of thiophene rings is 1. The minimum Gasteiger partial charge on any atom is -0.351 e. The Morgan fingerprint density at radius 1 is 1.37 bits per heavy atom. The Labute approximate surface area is 173 Å². The molecule has 0 radical (unpaired) electrons. The molecule has 2 heterocycles. The highest BCUT2D eigenvalue weighted by molar-refractivity contribution is 7.14. The third kappa shape index (κ3) is 4.60. The van der Waals surface area contributed by atoms with Gasteiger partial charge < -0.3 is 5.32 Å². The standard InChI is InChI=1S/C18H20ClN3O3S.ClH/c1-11-9-15-16(10-26-17(15)19)12(2)21(11)8-7-20-18(23)13-3-5-14(6-4-13)22(24)25;/h3-6,10-12H,7-9H2,1-2H3,(H,20,23);1H/t11-,12-;/m0./s1. The second-order valence-corrected chi connectivity index (χ2v) is 7.95. The first-order chi connectivity index (χ1) is 12.4. The summed E-state index contributed by atoms with van der Waals surface area (Å²) in [6.07, 6.45) is 0.915. The summed E-state index contributed by atoms with van der Waals surface area (Å²) in [5.74, 6) is -0.225. The maximum Gasteiger partial charge on any atom is 0.269 e. The zero-order chi connectivity index (χ0) is 18.8. The molecule has 1 amide bonds. The Kier molecular flexibility index (Phi) is 7.22. The maximum atomic E-state index is 12.2. The summed E-state index contributed by atoms with van der Waals surface area (Å²) < 4.78 is 0.879. The molecule has 0 aliphatic carbocycles. The van der Waals surface area contributed by atoms with Gasteiger partial charge in [-0.05, 0) is 48.9 Å². The number of carbonyl (C=O) groups excluding carboxylic acids is 1. The Morgan fingerprint density at radius 3 is 2.67 bits per heavy atom. The molecule has 1 aliphatic rings. The topological polar surface area (TPSA) is 75.5 Å². The predicted molar refractivity (Wildman–Crippen MR) is 110 cm³/mol. The Balaban J connectivity index is 0.00000261. The van der Waals surface area contributed by atoms with Crippen LogP contribution in [0.1, 0.15) is 41.4 Å². The molecule has 0 fully saturated rings. The van der Waals surface area contributed by atoms with Gasteiger partial charge in [0, 0.05) is 42.9 Å². The van der Waals surface area contributed by atoms with Gasteiger partial charge in [0.05, 0.1) is 9.26 Å². The quantitative estimate of drug-likeness (QED) is 0.561. The summed E-state index contributed by atoms with van der Waals surface area (Å²) in [6.45, 7) is 5.58. The van der Waals surface area contributed by atoms with Crippen LogP contribution in [0, 0.1) is 10.1 Å². The van der Waals surface area contributed by atoms with Crippen molar-refractivity contribution in [3.8, 4) is 0 Å². The lowest BCUT2D eigenvalue weighted by Gasteiger charge is -2.39. The van der Waals surface area contributed by atoms with Gasteiger partial charge in [-0.1, -0.05) is 11.6 Å². The summed E-state index contributed by atoms with van der Waals surface area (Å²) >= 11 is 7.86. The van der Waals surface area contributed by atoms with E-state index >= 15 is 0 Å². The van der Waals surface area contributed by atoms with Crippen LogP contribution in [0.2, 0.25) is 4.34 Å². The molecule has 1 aromatic heterocycles. The molecule has 0 bridgehead atoms. The largest absolute Gasteiger partial charge is 0.351 e. The fraction of sp³-hybridized carbons (Fsp3) is 0.389. The third-order valence-corrected chi connectivity index (χ3v) is 6.20. The van der Waals surface area contributed by atoms with Crippen LogP contribution in [-0.2, 0) is 6.42 Å². The average Bonchev–Trinajstić information content (AvgIpc) is 2.98. The van der Waals surface area contributed by atoms with Crippen LogP contribution in [-0.4, -0.2) is 34.9 Å². The van der Waals surface area contributed by atoms with Gasteiger partial charge in [0.2, 0.25) is 0 Å². The third-order valence-electron chi connectivity index (χ3n) is 4.88. The van der Waals surface area contributed by atoms with Gasteiger partial charge in [0.15, 0.2) is 0 Å². The Bertz CT molecular complexity index is 826. The van der Waals surface area contributed by atoms with Crippen molar-refractivity contribution in [2.45, 2.75) is 32.4 Å². The molecule has 146 valence electrons. The van der Waals surface area contributed by atoms with Gasteiger partial charge in [-0.25, -0.2) is 0 Å². The first kappa shape index (κ1) is 21.6. The Morgan fingerprint density at radius 2 is 2.04 bits per heavy atom. The molecule has 3 rings (SSSR count). The van der Waals surface area contributed by atoms with Crippen LogP contribution in [0.4, 0.5) is 5.69 Å². The minimum atomic E-state index is -0.480. The molecule has 9 heteroatoms. The van der Waals surface area contributed by atoms with Crippen molar-refractivity contribution >= 4 is 46.9 Å². The van der Waals surface area contributed by atoms with E-state index in [-0.39, 0.29) is 30.0 Å². The second-order valence-electron chi connectivity index (χ2n) is 6.47. The number of fused-ring (bicyclic) bond motifs is 1. The molecule has 0 saturated heterocycles. The lowest BCUT2D eigenvalue weighted by molar-refractivity contribution is -0.384. The van der Waals surface area contributed by atoms with E-state index in [4.69, 9.17) is 11.6 Å². The van der Waals surface area contributed by atoms with Crippen molar-refractivity contribution in [3.63, 3.8) is 0 Å². The number of hydrogen-bond acceptors (Lipinski definition) is 5. The molecule has 0 spiro atoms. The van der Waals surface area contributed by atoms with Gasteiger partial charge >= 0.3 is 0 Å². The fourth-order valence-corrected chi connectivity index (χ4v) is 4.67. The van der Waals surface area contributed by atoms with Crippen LogP contribution in [0.3, 0.4) is 0 Å². The molecule has 6 nitrogen and oxygen atoms in total. The summed E-state index contributed by atoms with van der Waals surface area (Å²) in [7, 11) is 0. The number of nitrogens with one attached hydrogen (secondary N) is 1. The van der Waals surface area contributed by atoms with Crippen LogP contribution in [0.5, 0.6) is 0 Å². The van der Waals surface area contributed by atoms with Gasteiger partial charge in [-0.15, -0.1) is 23.7 Å². The maximum absolute atomic E-state index is 12.2. The predicted octanol–water partition coefficient (Wildman–Crippen LogP) is 4.47. The van der Waals surface area contributed by atoms with Crippen molar-refractivity contribution in [3.05, 3.63) is 60.8 Å². The molecule has 1 N–H and O–H groups in total. The second kappa shape index (κ2) is 9.01. The molecule has 0 saturated carbocycles. The summed E-state index contributed by atoms with van der Waals surface area (Å²) in [5, 5.41) is 15.7. The number of halogens is 2. The molecule has 1 aliphatic heterocycles. The van der Waals surface area contributed by atoms with Crippen LogP contribution in [0.25, 0.3) is 0 Å². The number of benzene rings is 1. The van der Waals surface area contributed by atoms with Gasteiger partial charge in [0.1, 0.15) is 0 Å². The van der Waals surface area contributed by atoms with E-state index in [1.807, 2.05) is 0 Å². The highest BCUT2D eigenvalue weighted by Gasteiger charge is 2.31. The van der Waals surface area contributed by atoms with Crippen molar-refractivity contribution in [2.24, 2.45) is 0 Å². The van der Waals surface area contributed by atoms with Gasteiger partial charge in [-0.3, -0.25) is 19.8 Å². The molecule has 2 atom stereocenters. The number of nitrogens with zero attached hydrogens (tertiary/aromatic N) is 2. The van der Waals surface area contributed by atoms with E-state index in [1.54, 1.807) is 11.3 Å². The van der Waals surface area contributed by atoms with E-state index in [0.29, 0.717) is 18.2 Å². The van der Waals surface area contributed by atoms with E-state index in [1.165, 1.54) is 35.4 Å². The number of nitro benzene ring substituents is 1. The zero-order valence-electron chi connectivity index (χ0n) is 15.0. The molecule has 1 aromatic carbocycles. The Hall–Kier alpha value is -1.67. The van der Waals surface area contributed by atoms with Crippen molar-refractivity contribution in [1.29, 1.82) is 0 Å². The van der Waals surface area contributed by atoms with Crippen LogP contribution >= 0.6 is 35.3 Å². The normalized spacial score (nSPS) is 19.1. The fourth-order valence-electron chi connectivity index (χ4n) is 3.44. The average molecular weight is 430 g/mol. The number of carbonyl (C=O) groups is 1. The number of non-ortho nitro benzene ring substituents is 1. The first-order valence-corrected chi connectivity index (χ1v) is 9.68. The highest BCUT2D eigenvalue weighted by Crippen LogP contribution is 2.39. The number of hydrogen-bond donors (Lipinski definition) is 1. The lowest BCUT2D eigenvalue weighted by atomic mass is 9.93. The van der Waals surface area contributed by atoms with Gasteiger partial charge in [-0.2, -0.15) is 0 Å². The first-order valence-electron chi connectivity index (χ1n) is 8.42. The number of nitro groups is 1. The monoisotopic (exact) mass is 429 g/mol. The number of amides is 1. The van der Waals surface area contributed by atoms with Crippen LogP contribution < -0.4 is 5.32 Å². The van der Waals surface area contributed by atoms with Crippen molar-refractivity contribution in [2.75, 3.05) is 13.1 Å². The van der Waals surface area contributed by atoms with Crippen molar-refractivity contribution in [1.82, 2.24) is 10.2 Å². The van der Waals surface area contributed by atoms with E-state index < -0.39 is 4.92 Å². The zero-order valence-corrected chi connectivity index (χ0v) is 17.4. The van der Waals surface area contributed by atoms with E-state index in [0.717, 1.165) is 17.3 Å². The van der Waals surface area contributed by atoms with E-state index in [2.05, 4.69) is 29.4 Å². The summed E-state index contributed by atoms with van der Waals surface area (Å²) in [4.78, 5) is 24.8. The molecule has 27 heavy (non-hydrogen) atoms. The minimum absolute atomic E-state index is 0. The molecule has 2 aromatic rings. The molecular formula is C18H21Cl2N3O3S. The summed E-state index contributed by atoms with van der Waals surface area (Å²) in [5.41, 5.74) is 2.92. The van der Waals surface area contributed by atoms with Crippen molar-refractivity contribution < 1.29 is 9.72 Å². The van der Waals surface area contributed by atoms with Crippen LogP contribution in [0.15, 0.2) is 29.6 Å². The highest BCUT2D eigenvalue weighted by atomic mass is 35.5. The SMILES string of the molecule is C[C@H]1Cc2c(csc2Cl)[C@H](C)N1CCNC(=O)c1ccc([N+](=O)[O-])cc1.Cl. The summed E-state index contributed by atoms with van der Waals surface area (Å²) in [6, 6.07) is 6.23. The number of rotatable bonds is 5. The smallest absolute Gasteiger partial charge is 0.269 e. The lowest BCUT2D eigenvalue weighted by Crippen LogP contribution is -2.44. The molecular weight excluding hydrogens is 409 g/mol. The van der Waals surface area contributed by atoms with E-state index in [9.17, 15) is 14.9 Å².